The molecule has 1 saturated heterocycles. The number of carbonyl (C=O) groups is 1. The van der Waals surface area contributed by atoms with Crippen LogP contribution >= 0.6 is 0 Å². The van der Waals surface area contributed by atoms with E-state index in [0.29, 0.717) is 26.2 Å². The van der Waals surface area contributed by atoms with Crippen molar-refractivity contribution < 1.29 is 19.4 Å². The minimum absolute atomic E-state index is 0.101. The Balaban J connectivity index is 2.16. The Morgan fingerprint density at radius 1 is 1.14 bits per heavy atom. The van der Waals surface area contributed by atoms with E-state index < -0.39 is 27.3 Å². The van der Waals surface area contributed by atoms with E-state index in [4.69, 9.17) is 4.74 Å². The number of hydrogen-bond acceptors (Lipinski definition) is 7. The molecule has 1 aromatic carbocycles. The SMILES string of the molecule is O=C(Oc1ccc([N+](=O)[O-])c([N+](=O)[O-])c1)N1CCNCC1. The number of nitro groups is 2. The fourth-order valence-corrected chi connectivity index (χ4v) is 1.88. The van der Waals surface area contributed by atoms with E-state index in [-0.39, 0.29) is 5.75 Å². The number of hydrogen-bond donors (Lipinski definition) is 1. The van der Waals surface area contributed by atoms with Crippen LogP contribution in [0.2, 0.25) is 0 Å². The first-order valence-electron chi connectivity index (χ1n) is 6.09. The lowest BCUT2D eigenvalue weighted by Gasteiger charge is -2.26. The molecule has 0 saturated carbocycles. The Labute approximate surface area is 118 Å². The van der Waals surface area contributed by atoms with Crippen LogP contribution in [0, 0.1) is 20.2 Å². The van der Waals surface area contributed by atoms with Crippen molar-refractivity contribution in [3.8, 4) is 5.75 Å². The highest BCUT2D eigenvalue weighted by Crippen LogP contribution is 2.30. The topological polar surface area (TPSA) is 128 Å². The van der Waals surface area contributed by atoms with Crippen LogP contribution in [-0.2, 0) is 0 Å². The lowest BCUT2D eigenvalue weighted by Crippen LogP contribution is -2.47. The zero-order valence-corrected chi connectivity index (χ0v) is 10.9. The second kappa shape index (κ2) is 6.13. The maximum Gasteiger partial charge on any atom is 0.415 e. The van der Waals surface area contributed by atoms with Gasteiger partial charge in [-0.25, -0.2) is 4.79 Å². The average molecular weight is 296 g/mol. The summed E-state index contributed by atoms with van der Waals surface area (Å²) in [6.45, 7) is 2.20. The normalized spacial score (nSPS) is 14.6. The van der Waals surface area contributed by atoms with Crippen molar-refractivity contribution in [3.05, 3.63) is 38.4 Å². The van der Waals surface area contributed by atoms with E-state index >= 15 is 0 Å². The second-order valence-corrected chi connectivity index (χ2v) is 4.27. The summed E-state index contributed by atoms with van der Waals surface area (Å²) < 4.78 is 5.01. The molecule has 10 heteroatoms. The number of ether oxygens (including phenoxy) is 1. The van der Waals surface area contributed by atoms with Gasteiger partial charge in [0.05, 0.1) is 15.9 Å². The first-order chi connectivity index (χ1) is 9.99. The molecule has 21 heavy (non-hydrogen) atoms. The molecule has 1 aliphatic rings. The molecule has 2 rings (SSSR count). The van der Waals surface area contributed by atoms with Crippen molar-refractivity contribution in [1.82, 2.24) is 10.2 Å². The van der Waals surface area contributed by atoms with Gasteiger partial charge in [0, 0.05) is 32.2 Å². The summed E-state index contributed by atoms with van der Waals surface area (Å²) in [5, 5.41) is 24.6. The van der Waals surface area contributed by atoms with Gasteiger partial charge in [0.1, 0.15) is 5.75 Å². The summed E-state index contributed by atoms with van der Waals surface area (Å²) in [7, 11) is 0. The molecule has 0 bridgehead atoms. The smallest absolute Gasteiger partial charge is 0.410 e. The highest BCUT2D eigenvalue weighted by atomic mass is 16.6. The van der Waals surface area contributed by atoms with Crippen LogP contribution in [-0.4, -0.2) is 47.0 Å². The standard InChI is InChI=1S/C11H12N4O6/c16-11(13-5-3-12-4-6-13)21-8-1-2-9(14(17)18)10(7-8)15(19)20/h1-2,7,12H,3-6H2. The Bertz CT molecular complexity index is 584. The molecule has 0 unspecified atom stereocenters. The quantitative estimate of drug-likeness (QED) is 0.648. The third kappa shape index (κ3) is 3.42. The highest BCUT2D eigenvalue weighted by Gasteiger charge is 2.26. The van der Waals surface area contributed by atoms with Gasteiger partial charge in [0.2, 0.25) is 0 Å². The summed E-state index contributed by atoms with van der Waals surface area (Å²) in [5.74, 6) is -0.101. The Morgan fingerprint density at radius 2 is 1.76 bits per heavy atom. The van der Waals surface area contributed by atoms with Gasteiger partial charge in [-0.3, -0.25) is 20.2 Å². The molecule has 0 spiro atoms. The number of nitrogens with zero attached hydrogens (tertiary/aromatic N) is 3. The van der Waals surface area contributed by atoms with Crippen LogP contribution in [0.15, 0.2) is 18.2 Å². The van der Waals surface area contributed by atoms with E-state index in [1.807, 2.05) is 0 Å². The van der Waals surface area contributed by atoms with Crippen molar-refractivity contribution in [2.45, 2.75) is 0 Å². The molecule has 1 amide bonds. The zero-order chi connectivity index (χ0) is 15.4. The molecule has 0 atom stereocenters. The van der Waals surface area contributed by atoms with Crippen molar-refractivity contribution in [1.29, 1.82) is 0 Å². The Hall–Kier alpha value is -2.75. The largest absolute Gasteiger partial charge is 0.415 e. The number of rotatable bonds is 3. The van der Waals surface area contributed by atoms with Gasteiger partial charge >= 0.3 is 17.5 Å². The van der Waals surface area contributed by atoms with E-state index in [0.717, 1.165) is 18.2 Å². The third-order valence-corrected chi connectivity index (χ3v) is 2.92. The number of benzene rings is 1. The summed E-state index contributed by atoms with van der Waals surface area (Å²) in [5.41, 5.74) is -1.37. The minimum atomic E-state index is -0.889. The first-order valence-corrected chi connectivity index (χ1v) is 6.09. The van der Waals surface area contributed by atoms with E-state index in [1.165, 1.54) is 4.90 Å². The van der Waals surface area contributed by atoms with Gasteiger partial charge in [-0.15, -0.1) is 0 Å². The summed E-state index contributed by atoms with van der Waals surface area (Å²) in [4.78, 5) is 33.0. The Kier molecular flexibility index (Phi) is 4.28. The summed E-state index contributed by atoms with van der Waals surface area (Å²) in [6.07, 6.45) is -0.639. The van der Waals surface area contributed by atoms with E-state index in [1.54, 1.807) is 0 Å². The van der Waals surface area contributed by atoms with Crippen molar-refractivity contribution in [3.63, 3.8) is 0 Å². The molecule has 1 aromatic rings. The van der Waals surface area contributed by atoms with Gasteiger partial charge in [0.15, 0.2) is 0 Å². The highest BCUT2D eigenvalue weighted by molar-refractivity contribution is 5.71. The zero-order valence-electron chi connectivity index (χ0n) is 10.9. The number of nitro benzene ring substituents is 2. The maximum atomic E-state index is 11.8. The van der Waals surface area contributed by atoms with Gasteiger partial charge < -0.3 is 15.0 Å². The molecular weight excluding hydrogens is 284 g/mol. The number of piperazine rings is 1. The summed E-state index contributed by atoms with van der Waals surface area (Å²) in [6, 6.07) is 2.97. The van der Waals surface area contributed by atoms with Gasteiger partial charge in [-0.1, -0.05) is 0 Å². The molecule has 1 heterocycles. The van der Waals surface area contributed by atoms with Gasteiger partial charge in [-0.05, 0) is 6.07 Å². The lowest BCUT2D eigenvalue weighted by atomic mass is 10.2. The number of amides is 1. The molecule has 0 radical (unpaired) electrons. The monoisotopic (exact) mass is 296 g/mol. The second-order valence-electron chi connectivity index (χ2n) is 4.27. The van der Waals surface area contributed by atoms with Crippen LogP contribution in [0.1, 0.15) is 0 Å². The molecule has 0 aliphatic carbocycles. The molecule has 0 aromatic heterocycles. The predicted molar refractivity (Wildman–Crippen MR) is 70.2 cm³/mol. The fourth-order valence-electron chi connectivity index (χ4n) is 1.88. The number of nitrogens with one attached hydrogen (secondary N) is 1. The maximum absolute atomic E-state index is 11.8. The van der Waals surface area contributed by atoms with Crippen LogP contribution in [0.5, 0.6) is 5.75 Å². The van der Waals surface area contributed by atoms with Crippen LogP contribution in [0.3, 0.4) is 0 Å². The van der Waals surface area contributed by atoms with E-state index in [2.05, 4.69) is 5.32 Å². The first kappa shape index (κ1) is 14.7. The molecular formula is C11H12N4O6. The Morgan fingerprint density at radius 3 is 2.33 bits per heavy atom. The van der Waals surface area contributed by atoms with Crippen LogP contribution in [0.25, 0.3) is 0 Å². The predicted octanol–water partition coefficient (Wildman–Crippen LogP) is 0.907. The fraction of sp³-hybridized carbons (Fsp3) is 0.364. The molecule has 1 aliphatic heterocycles. The van der Waals surface area contributed by atoms with Crippen LogP contribution in [0.4, 0.5) is 16.2 Å². The average Bonchev–Trinajstić information content (AvgIpc) is 2.47. The molecule has 1 fully saturated rings. The number of carbonyl (C=O) groups excluding carboxylic acids is 1. The van der Waals surface area contributed by atoms with Gasteiger partial charge in [0.25, 0.3) is 0 Å². The third-order valence-electron chi connectivity index (χ3n) is 2.92. The minimum Gasteiger partial charge on any atom is -0.410 e. The molecule has 112 valence electrons. The molecule has 1 N–H and O–H groups in total. The van der Waals surface area contributed by atoms with Crippen molar-refractivity contribution in [2.24, 2.45) is 0 Å². The van der Waals surface area contributed by atoms with Crippen molar-refractivity contribution >= 4 is 17.5 Å². The van der Waals surface area contributed by atoms with E-state index in [9.17, 15) is 25.0 Å². The lowest BCUT2D eigenvalue weighted by molar-refractivity contribution is -0.422. The summed E-state index contributed by atoms with van der Waals surface area (Å²) >= 11 is 0. The molecule has 10 nitrogen and oxygen atoms in total. The van der Waals surface area contributed by atoms with Gasteiger partial charge in [-0.2, -0.15) is 0 Å². The van der Waals surface area contributed by atoms with Crippen molar-refractivity contribution in [2.75, 3.05) is 26.2 Å². The van der Waals surface area contributed by atoms with Crippen LogP contribution < -0.4 is 10.1 Å².